The lowest BCUT2D eigenvalue weighted by molar-refractivity contribution is -0.0638. The molecule has 3 aromatic carbocycles. The van der Waals surface area contributed by atoms with E-state index >= 15 is 0 Å². The number of aromatic nitrogens is 5. The first kappa shape index (κ1) is 41.0. The van der Waals surface area contributed by atoms with Gasteiger partial charge >= 0.3 is 12.1 Å². The van der Waals surface area contributed by atoms with E-state index in [4.69, 9.17) is 14.6 Å². The van der Waals surface area contributed by atoms with Crippen LogP contribution in [0.2, 0.25) is 0 Å². The standard InChI is InChI=1S/C50H50N8O6S/c1-30-39(26-52-58(30)29-50-23-32-19-33(24-50)21-34(20-32)25-50)37-15-18-57-43(27-51-45(57)44(37)47(60)61)53-41-22-36(11-12-38(41)46(59)55-48-54-40-9-5-6-10-42(40)65-48)64-35-13-16-56(17-14-35)49(62)63-28-31-7-3-2-4-8-31/h2-12,15,18,22,26-27,32-35,53H,13-14,16-17,19-21,23-25,28-29H2,1H3,(H,60,61)(H,54,55,59). The van der Waals surface area contributed by atoms with Crippen LogP contribution in [0.15, 0.2) is 97.5 Å². The summed E-state index contributed by atoms with van der Waals surface area (Å²) in [5.74, 6) is 1.98. The Morgan fingerprint density at radius 3 is 2.37 bits per heavy atom. The molecule has 0 radical (unpaired) electrons. The van der Waals surface area contributed by atoms with Crippen LogP contribution < -0.4 is 15.4 Å². The van der Waals surface area contributed by atoms with E-state index in [0.717, 1.165) is 51.3 Å². The summed E-state index contributed by atoms with van der Waals surface area (Å²) in [6.07, 6.45) is 13.7. The number of imidazole rings is 1. The van der Waals surface area contributed by atoms with Crippen LogP contribution >= 0.6 is 11.3 Å². The van der Waals surface area contributed by atoms with Crippen molar-refractivity contribution in [3.63, 3.8) is 0 Å². The molecular weight excluding hydrogens is 841 g/mol. The molecule has 1 aliphatic heterocycles. The van der Waals surface area contributed by atoms with Crippen molar-refractivity contribution in [1.82, 2.24) is 29.0 Å². The first-order valence-corrected chi connectivity index (χ1v) is 23.4. The van der Waals surface area contributed by atoms with Crippen molar-refractivity contribution < 1.29 is 29.0 Å². The van der Waals surface area contributed by atoms with Gasteiger partial charge in [-0.15, -0.1) is 0 Å². The zero-order valence-corrected chi connectivity index (χ0v) is 36.9. The van der Waals surface area contributed by atoms with E-state index in [1.807, 2.05) is 73.8 Å². The number of ether oxygens (including phenoxy) is 2. The summed E-state index contributed by atoms with van der Waals surface area (Å²) in [6.45, 7) is 4.07. The number of carbonyl (C=O) groups excluding carboxylic acids is 2. The maximum Gasteiger partial charge on any atom is 0.410 e. The molecule has 7 aromatic rings. The molecule has 12 rings (SSSR count). The fourth-order valence-corrected chi connectivity index (χ4v) is 12.4. The number of rotatable bonds is 12. The lowest BCUT2D eigenvalue weighted by Gasteiger charge is -2.56. The van der Waals surface area contributed by atoms with Crippen LogP contribution in [0.3, 0.4) is 0 Å². The van der Waals surface area contributed by atoms with E-state index in [0.29, 0.717) is 59.4 Å². The molecule has 14 nitrogen and oxygen atoms in total. The zero-order chi connectivity index (χ0) is 44.2. The topological polar surface area (TPSA) is 165 Å². The average Bonchev–Trinajstić information content (AvgIpc) is 4.01. The number of nitrogens with one attached hydrogen (secondary N) is 2. The number of pyridine rings is 1. The van der Waals surface area contributed by atoms with Gasteiger partial charge in [0, 0.05) is 61.6 Å². The predicted molar refractivity (Wildman–Crippen MR) is 248 cm³/mol. The van der Waals surface area contributed by atoms with Crippen LogP contribution in [0.5, 0.6) is 5.75 Å². The van der Waals surface area contributed by atoms with Crippen molar-refractivity contribution in [3.8, 4) is 16.9 Å². The summed E-state index contributed by atoms with van der Waals surface area (Å²) < 4.78 is 16.8. The highest BCUT2D eigenvalue weighted by Gasteiger charge is 2.51. The Hall–Kier alpha value is -6.74. The van der Waals surface area contributed by atoms with E-state index < -0.39 is 5.97 Å². The van der Waals surface area contributed by atoms with Crippen LogP contribution in [0.4, 0.5) is 21.4 Å². The van der Waals surface area contributed by atoms with Gasteiger partial charge in [0.05, 0.1) is 33.9 Å². The lowest BCUT2D eigenvalue weighted by Crippen LogP contribution is -2.48. The summed E-state index contributed by atoms with van der Waals surface area (Å²) in [6, 6.07) is 24.3. The van der Waals surface area contributed by atoms with Crippen molar-refractivity contribution >= 4 is 61.8 Å². The van der Waals surface area contributed by atoms with Crippen LogP contribution in [0, 0.1) is 30.1 Å². The van der Waals surface area contributed by atoms with Gasteiger partial charge in [0.2, 0.25) is 0 Å². The molecule has 0 unspecified atom stereocenters. The van der Waals surface area contributed by atoms with Gasteiger partial charge in [0.1, 0.15) is 29.8 Å². The van der Waals surface area contributed by atoms with E-state index in [9.17, 15) is 19.5 Å². The molecule has 4 aliphatic carbocycles. The number of hydrogen-bond acceptors (Lipinski definition) is 10. The van der Waals surface area contributed by atoms with E-state index in [-0.39, 0.29) is 41.3 Å². The minimum atomic E-state index is -1.10. The number of thiazole rings is 1. The zero-order valence-electron chi connectivity index (χ0n) is 36.1. The number of carboxylic acids is 1. The molecular formula is C50H50N8O6S. The van der Waals surface area contributed by atoms with Gasteiger partial charge in [0.15, 0.2) is 10.8 Å². The maximum atomic E-state index is 14.0. The third kappa shape index (κ3) is 8.06. The van der Waals surface area contributed by atoms with Crippen LogP contribution in [-0.4, -0.2) is 71.3 Å². The van der Waals surface area contributed by atoms with E-state index in [1.54, 1.807) is 39.9 Å². The number of likely N-dealkylation sites (tertiary alicyclic amines) is 1. The smallest absolute Gasteiger partial charge is 0.410 e. The molecule has 4 aromatic heterocycles. The highest BCUT2D eigenvalue weighted by molar-refractivity contribution is 7.22. The number of piperidine rings is 1. The maximum absolute atomic E-state index is 14.0. The third-order valence-electron chi connectivity index (χ3n) is 14.2. The number of anilines is 3. The number of para-hydroxylation sites is 1. The number of amides is 2. The van der Waals surface area contributed by atoms with Crippen LogP contribution in [0.1, 0.15) is 83.3 Å². The van der Waals surface area contributed by atoms with E-state index in [1.165, 1.54) is 49.9 Å². The second kappa shape index (κ2) is 16.7. The Balaban J connectivity index is 0.851. The molecule has 15 heteroatoms. The van der Waals surface area contributed by atoms with Crippen molar-refractivity contribution in [3.05, 3.63) is 120 Å². The van der Waals surface area contributed by atoms with Crippen LogP contribution in [-0.2, 0) is 17.9 Å². The summed E-state index contributed by atoms with van der Waals surface area (Å²) in [5, 5.41) is 22.4. The number of carboxylic acid groups (broad SMARTS) is 1. The fourth-order valence-electron chi connectivity index (χ4n) is 11.5. The number of aromatic carboxylic acids is 1. The second-order valence-corrected chi connectivity index (χ2v) is 19.6. The Morgan fingerprint density at radius 2 is 1.63 bits per heavy atom. The predicted octanol–water partition coefficient (Wildman–Crippen LogP) is 10.2. The summed E-state index contributed by atoms with van der Waals surface area (Å²) in [5.41, 5.74) is 5.34. The van der Waals surface area contributed by atoms with Gasteiger partial charge in [-0.25, -0.2) is 19.6 Å². The molecule has 3 N–H and O–H groups in total. The van der Waals surface area contributed by atoms with Gasteiger partial charge in [0.25, 0.3) is 5.91 Å². The molecule has 4 bridgehead atoms. The molecule has 5 fully saturated rings. The van der Waals surface area contributed by atoms with Gasteiger partial charge in [-0.2, -0.15) is 5.10 Å². The fraction of sp³-hybridized carbons (Fsp3) is 0.360. The summed E-state index contributed by atoms with van der Waals surface area (Å²) in [4.78, 5) is 51.0. The molecule has 4 saturated carbocycles. The normalized spacial score (nSPS) is 21.5. The first-order valence-electron chi connectivity index (χ1n) is 22.6. The molecule has 332 valence electrons. The summed E-state index contributed by atoms with van der Waals surface area (Å²) in [7, 11) is 0. The van der Waals surface area contributed by atoms with Crippen molar-refractivity contribution in [1.29, 1.82) is 0 Å². The molecule has 1 saturated heterocycles. The van der Waals surface area contributed by atoms with Gasteiger partial charge in [-0.05, 0) is 105 Å². The van der Waals surface area contributed by atoms with Crippen molar-refractivity contribution in [2.45, 2.75) is 77.5 Å². The molecule has 0 atom stereocenters. The highest BCUT2D eigenvalue weighted by Crippen LogP contribution is 2.60. The minimum Gasteiger partial charge on any atom is -0.490 e. The van der Waals surface area contributed by atoms with Gasteiger partial charge in [-0.1, -0.05) is 53.8 Å². The second-order valence-electron chi connectivity index (χ2n) is 18.6. The number of fused-ring (bicyclic) bond motifs is 2. The molecule has 2 amide bonds. The average molecular weight is 891 g/mol. The lowest BCUT2D eigenvalue weighted by atomic mass is 9.49. The van der Waals surface area contributed by atoms with Crippen LogP contribution in [0.25, 0.3) is 27.0 Å². The monoisotopic (exact) mass is 890 g/mol. The van der Waals surface area contributed by atoms with Crippen molar-refractivity contribution in [2.24, 2.45) is 23.2 Å². The Bertz CT molecular complexity index is 2880. The highest BCUT2D eigenvalue weighted by atomic mass is 32.1. The third-order valence-corrected chi connectivity index (χ3v) is 15.1. The number of carbonyl (C=O) groups is 3. The molecule has 5 heterocycles. The Morgan fingerprint density at radius 1 is 0.892 bits per heavy atom. The number of hydrogen-bond donors (Lipinski definition) is 3. The SMILES string of the molecule is Cc1c(-c2ccn3c(Nc4cc(OC5CCN(C(=O)OCc6ccccc6)CC5)ccc4C(=O)Nc4nc5ccccc5s4)cnc3c2C(=O)O)cnn1CC12CC3CC(CC(C3)C1)C2. The number of nitrogens with zero attached hydrogens (tertiary/aromatic N) is 6. The minimum absolute atomic E-state index is 0.0687. The molecule has 65 heavy (non-hydrogen) atoms. The molecule has 0 spiro atoms. The van der Waals surface area contributed by atoms with Gasteiger partial charge in [-0.3, -0.25) is 19.2 Å². The van der Waals surface area contributed by atoms with E-state index in [2.05, 4.69) is 25.3 Å². The Kier molecular flexibility index (Phi) is 10.5. The molecule has 5 aliphatic rings. The summed E-state index contributed by atoms with van der Waals surface area (Å²) >= 11 is 1.38. The number of benzene rings is 3. The van der Waals surface area contributed by atoms with Gasteiger partial charge < -0.3 is 24.8 Å². The van der Waals surface area contributed by atoms with Crippen molar-refractivity contribution in [2.75, 3.05) is 23.7 Å². The Labute approximate surface area is 379 Å². The first-order chi connectivity index (χ1) is 31.6. The largest absolute Gasteiger partial charge is 0.490 e. The quantitative estimate of drug-likeness (QED) is 0.108.